The van der Waals surface area contributed by atoms with Crippen molar-refractivity contribution in [1.82, 2.24) is 10.6 Å². The molecule has 0 amide bonds. The Balaban J connectivity index is 0.00000420. The van der Waals surface area contributed by atoms with Crippen molar-refractivity contribution in [3.63, 3.8) is 0 Å². The maximum atomic E-state index is 13.0. The van der Waals surface area contributed by atoms with Crippen LogP contribution in [0, 0.1) is 0 Å². The van der Waals surface area contributed by atoms with Crippen LogP contribution in [0.1, 0.15) is 25.8 Å². The molecule has 10 heteroatoms. The Morgan fingerprint density at radius 3 is 2.76 bits per heavy atom. The van der Waals surface area contributed by atoms with Crippen LogP contribution in [0.15, 0.2) is 29.3 Å². The minimum Gasteiger partial charge on any atom is -0.491 e. The predicted molar refractivity (Wildman–Crippen MR) is 116 cm³/mol. The van der Waals surface area contributed by atoms with Crippen LogP contribution in [0.2, 0.25) is 0 Å². The van der Waals surface area contributed by atoms with Gasteiger partial charge in [-0.2, -0.15) is 13.2 Å². The monoisotopic (exact) mass is 531 g/mol. The normalized spacial score (nSPS) is 18.1. The van der Waals surface area contributed by atoms with Crippen molar-refractivity contribution in [2.45, 2.75) is 38.6 Å². The molecule has 1 aliphatic rings. The van der Waals surface area contributed by atoms with Gasteiger partial charge in [0.25, 0.3) is 0 Å². The predicted octanol–water partition coefficient (Wildman–Crippen LogP) is 3.45. The fourth-order valence-corrected chi connectivity index (χ4v) is 2.66. The molecule has 2 N–H and O–H groups in total. The summed E-state index contributed by atoms with van der Waals surface area (Å²) < 4.78 is 55.2. The van der Waals surface area contributed by atoms with E-state index in [2.05, 4.69) is 15.6 Å². The molecule has 0 aromatic heterocycles. The van der Waals surface area contributed by atoms with E-state index in [-0.39, 0.29) is 55.0 Å². The van der Waals surface area contributed by atoms with Crippen LogP contribution in [0.3, 0.4) is 0 Å². The summed E-state index contributed by atoms with van der Waals surface area (Å²) in [7, 11) is 0. The summed E-state index contributed by atoms with van der Waals surface area (Å²) in [5, 5.41) is 6.31. The fourth-order valence-electron chi connectivity index (χ4n) is 2.66. The van der Waals surface area contributed by atoms with E-state index in [1.807, 2.05) is 13.8 Å². The number of halogens is 4. The highest BCUT2D eigenvalue weighted by Gasteiger charge is 2.33. The third-order valence-corrected chi connectivity index (χ3v) is 4.01. The van der Waals surface area contributed by atoms with Gasteiger partial charge in [-0.25, -0.2) is 4.99 Å². The number of ether oxygens (including phenoxy) is 3. The molecule has 29 heavy (non-hydrogen) atoms. The minimum atomic E-state index is -4.45. The van der Waals surface area contributed by atoms with Crippen molar-refractivity contribution < 1.29 is 27.4 Å². The highest BCUT2D eigenvalue weighted by Crippen LogP contribution is 2.35. The molecule has 0 saturated carbocycles. The SMILES string of the molecule is CCNC(=NCCOc1ccccc1C(F)(F)F)NC(C)COC1CCOC1.I. The Morgan fingerprint density at radius 2 is 2.10 bits per heavy atom. The summed E-state index contributed by atoms with van der Waals surface area (Å²) in [5.41, 5.74) is -0.786. The molecule has 0 aliphatic carbocycles. The van der Waals surface area contributed by atoms with E-state index in [9.17, 15) is 13.2 Å². The van der Waals surface area contributed by atoms with Crippen LogP contribution >= 0.6 is 24.0 Å². The number of nitrogens with one attached hydrogen (secondary N) is 2. The lowest BCUT2D eigenvalue weighted by Gasteiger charge is -2.19. The molecule has 166 valence electrons. The number of hydrogen-bond donors (Lipinski definition) is 2. The molecule has 0 spiro atoms. The Labute approximate surface area is 186 Å². The lowest BCUT2D eigenvalue weighted by Crippen LogP contribution is -2.44. The van der Waals surface area contributed by atoms with Gasteiger partial charge in [-0.05, 0) is 32.4 Å². The average Bonchev–Trinajstić information content (AvgIpc) is 3.17. The quantitative estimate of drug-likeness (QED) is 0.221. The van der Waals surface area contributed by atoms with Crippen LogP contribution in [-0.4, -0.2) is 57.6 Å². The first kappa shape index (κ1) is 25.8. The van der Waals surface area contributed by atoms with Gasteiger partial charge in [-0.3, -0.25) is 0 Å². The van der Waals surface area contributed by atoms with Crippen molar-refractivity contribution in [2.24, 2.45) is 4.99 Å². The lowest BCUT2D eigenvalue weighted by molar-refractivity contribution is -0.138. The van der Waals surface area contributed by atoms with Crippen molar-refractivity contribution >= 4 is 29.9 Å². The van der Waals surface area contributed by atoms with Gasteiger partial charge in [0, 0.05) is 19.2 Å². The summed E-state index contributed by atoms with van der Waals surface area (Å²) in [6.07, 6.45) is -3.42. The molecule has 6 nitrogen and oxygen atoms in total. The first-order chi connectivity index (χ1) is 13.4. The number of hydrogen-bond acceptors (Lipinski definition) is 4. The van der Waals surface area contributed by atoms with E-state index in [1.54, 1.807) is 0 Å². The van der Waals surface area contributed by atoms with E-state index >= 15 is 0 Å². The van der Waals surface area contributed by atoms with Gasteiger partial charge in [0.05, 0.1) is 31.4 Å². The molecule has 2 rings (SSSR count). The second-order valence-electron chi connectivity index (χ2n) is 6.47. The molecule has 1 aliphatic heterocycles. The van der Waals surface area contributed by atoms with E-state index < -0.39 is 11.7 Å². The fraction of sp³-hybridized carbons (Fsp3) is 0.632. The number of aliphatic imine (C=N–C) groups is 1. The highest BCUT2D eigenvalue weighted by molar-refractivity contribution is 14.0. The van der Waals surface area contributed by atoms with Gasteiger partial charge >= 0.3 is 6.18 Å². The third-order valence-electron chi connectivity index (χ3n) is 4.01. The number of guanidine groups is 1. The standard InChI is InChI=1S/C19H28F3N3O3.HI/c1-3-23-18(25-14(2)12-28-15-8-10-26-13-15)24-9-11-27-17-7-5-4-6-16(17)19(20,21)22;/h4-7,14-15H,3,8-13H2,1-2H3,(H2,23,24,25);1H. The van der Waals surface area contributed by atoms with Crippen LogP contribution in [0.5, 0.6) is 5.75 Å². The largest absolute Gasteiger partial charge is 0.491 e. The number of benzene rings is 1. The Hall–Kier alpha value is -1.27. The van der Waals surface area contributed by atoms with Crippen molar-refractivity contribution in [3.8, 4) is 5.75 Å². The molecule has 1 aromatic carbocycles. The maximum absolute atomic E-state index is 13.0. The number of para-hydroxylation sites is 1. The number of nitrogens with zero attached hydrogens (tertiary/aromatic N) is 1. The van der Waals surface area contributed by atoms with Crippen molar-refractivity contribution in [3.05, 3.63) is 29.8 Å². The summed E-state index contributed by atoms with van der Waals surface area (Å²) >= 11 is 0. The molecular formula is C19H29F3IN3O3. The molecule has 1 saturated heterocycles. The first-order valence-electron chi connectivity index (χ1n) is 9.43. The van der Waals surface area contributed by atoms with E-state index in [4.69, 9.17) is 14.2 Å². The van der Waals surface area contributed by atoms with Gasteiger partial charge in [0.2, 0.25) is 0 Å². The maximum Gasteiger partial charge on any atom is 0.419 e. The number of alkyl halides is 3. The van der Waals surface area contributed by atoms with Crippen LogP contribution in [0.4, 0.5) is 13.2 Å². The second kappa shape index (κ2) is 13.1. The molecule has 1 aromatic rings. The lowest BCUT2D eigenvalue weighted by atomic mass is 10.2. The first-order valence-corrected chi connectivity index (χ1v) is 9.43. The molecular weight excluding hydrogens is 502 g/mol. The molecule has 2 atom stereocenters. The molecule has 0 bridgehead atoms. The summed E-state index contributed by atoms with van der Waals surface area (Å²) in [6.45, 7) is 6.68. The average molecular weight is 531 g/mol. The van der Waals surface area contributed by atoms with Crippen molar-refractivity contribution in [1.29, 1.82) is 0 Å². The van der Waals surface area contributed by atoms with Crippen LogP contribution in [-0.2, 0) is 15.7 Å². The minimum absolute atomic E-state index is 0. The number of rotatable bonds is 9. The summed E-state index contributed by atoms with van der Waals surface area (Å²) in [4.78, 5) is 4.35. The third kappa shape index (κ3) is 9.39. The van der Waals surface area contributed by atoms with E-state index in [0.717, 1.165) is 19.1 Å². The summed E-state index contributed by atoms with van der Waals surface area (Å²) in [5.74, 6) is 0.373. The van der Waals surface area contributed by atoms with Gasteiger partial charge in [0.15, 0.2) is 5.96 Å². The zero-order chi connectivity index (χ0) is 20.4. The summed E-state index contributed by atoms with van der Waals surface area (Å²) in [6, 6.07) is 5.17. The smallest absolute Gasteiger partial charge is 0.419 e. The highest BCUT2D eigenvalue weighted by atomic mass is 127. The van der Waals surface area contributed by atoms with E-state index in [1.165, 1.54) is 18.2 Å². The van der Waals surface area contributed by atoms with Gasteiger partial charge in [0.1, 0.15) is 12.4 Å². The Morgan fingerprint density at radius 1 is 1.34 bits per heavy atom. The molecule has 1 fully saturated rings. The second-order valence-corrected chi connectivity index (χ2v) is 6.47. The zero-order valence-corrected chi connectivity index (χ0v) is 19.0. The van der Waals surface area contributed by atoms with Crippen molar-refractivity contribution in [2.75, 3.05) is 39.5 Å². The molecule has 2 unspecified atom stereocenters. The van der Waals surface area contributed by atoms with E-state index in [0.29, 0.717) is 25.7 Å². The molecule has 0 radical (unpaired) electrons. The van der Waals surface area contributed by atoms with Gasteiger partial charge in [-0.1, -0.05) is 12.1 Å². The van der Waals surface area contributed by atoms with Crippen LogP contribution in [0.25, 0.3) is 0 Å². The van der Waals surface area contributed by atoms with Gasteiger partial charge < -0.3 is 24.8 Å². The van der Waals surface area contributed by atoms with Gasteiger partial charge in [-0.15, -0.1) is 24.0 Å². The zero-order valence-electron chi connectivity index (χ0n) is 16.6. The Bertz CT molecular complexity index is 626. The van der Waals surface area contributed by atoms with Crippen LogP contribution < -0.4 is 15.4 Å². The topological polar surface area (TPSA) is 64.1 Å². The molecule has 1 heterocycles. The Kier molecular flexibility index (Phi) is 11.7.